The van der Waals surface area contributed by atoms with E-state index < -0.39 is 97.5 Å². The zero-order valence-corrected chi connectivity index (χ0v) is 62.0. The molecule has 0 saturated heterocycles. The zero-order chi connectivity index (χ0) is 68.2. The monoisotopic (exact) mass is 1350 g/mol. The lowest BCUT2D eigenvalue weighted by Gasteiger charge is -2.21. The molecular weight excluding hydrogens is 1210 g/mol. The molecule has 3 N–H and O–H groups in total. The molecule has 0 saturated carbocycles. The summed E-state index contributed by atoms with van der Waals surface area (Å²) in [6, 6.07) is 0. The topological polar surface area (TPSA) is 237 Å². The van der Waals surface area contributed by atoms with Crippen molar-refractivity contribution in [3.8, 4) is 0 Å². The third-order valence-corrected chi connectivity index (χ3v) is 19.4. The van der Waals surface area contributed by atoms with E-state index in [4.69, 9.17) is 37.0 Å². The van der Waals surface area contributed by atoms with Crippen LogP contribution in [-0.4, -0.2) is 96.7 Å². The molecule has 0 aromatic carbocycles. The van der Waals surface area contributed by atoms with Crippen molar-refractivity contribution in [3.05, 3.63) is 0 Å². The second-order valence-corrected chi connectivity index (χ2v) is 30.7. The Kier molecular flexibility index (Phi) is 61.3. The Bertz CT molecular complexity index is 1820. The fraction of sp³-hybridized carbons (Fsp3) is 0.945. The number of hydrogen-bond donors (Lipinski definition) is 3. The maximum Gasteiger partial charge on any atom is 0.472 e. The van der Waals surface area contributed by atoms with Crippen molar-refractivity contribution in [1.82, 2.24) is 0 Å². The number of unbranched alkanes of at least 4 members (excludes halogenated alkanes) is 34. The fourth-order valence-corrected chi connectivity index (χ4v) is 12.5. The van der Waals surface area contributed by atoms with Crippen LogP contribution in [0.25, 0.3) is 0 Å². The first-order chi connectivity index (χ1) is 44.2. The van der Waals surface area contributed by atoms with Crippen LogP contribution in [0.5, 0.6) is 0 Å². The molecule has 19 heteroatoms. The van der Waals surface area contributed by atoms with Crippen LogP contribution in [0.3, 0.4) is 0 Å². The standard InChI is InChI=1S/C73H142O17P2/c1-9-65(7)51-43-35-26-21-19-17-15-13-11-12-14-16-18-20-22-28-39-47-55-72(77)89-68(60-84-71(76)54-46-38-31-29-34-42-50-64(5)6)61-87-91(79,80)85-57-67(74)58-86-92(81,82)88-62-69(90-73(78)56-48-40-32-30-36-44-52-66(8)10-2)59-83-70(75)53-45-37-27-24-23-25-33-41-49-63(3)4/h63-69,74H,9-62H2,1-8H3,(H,79,80)(H,81,82)/t65?,66?,67?,68-,69-/m1/s1. The highest BCUT2D eigenvalue weighted by molar-refractivity contribution is 7.47. The summed E-state index contributed by atoms with van der Waals surface area (Å²) in [6.45, 7) is 14.1. The molecule has 0 amide bonds. The number of phosphoric ester groups is 2. The SMILES string of the molecule is CCC(C)CCCCCCCCCCCCCCCCCCCCC(=O)O[C@H](COC(=O)CCCCCCCCC(C)C)COP(=O)(O)OCC(O)COP(=O)(O)OC[C@@H](COC(=O)CCCCCCCCCCC(C)C)OC(=O)CCCCCCCCC(C)CC. The first-order valence-electron chi connectivity index (χ1n) is 37.8. The minimum absolute atomic E-state index is 0.102. The van der Waals surface area contributed by atoms with E-state index in [0.717, 1.165) is 114 Å². The number of hydrogen-bond acceptors (Lipinski definition) is 15. The molecule has 0 aliphatic heterocycles. The average molecular weight is 1350 g/mol. The summed E-state index contributed by atoms with van der Waals surface area (Å²) in [7, 11) is -9.90. The number of carbonyl (C=O) groups excluding carboxylic acids is 4. The minimum Gasteiger partial charge on any atom is -0.462 e. The summed E-state index contributed by atoms with van der Waals surface area (Å²) < 4.78 is 68.3. The summed E-state index contributed by atoms with van der Waals surface area (Å²) >= 11 is 0. The maximum atomic E-state index is 13.0. The first kappa shape index (κ1) is 90.1. The van der Waals surface area contributed by atoms with Crippen molar-refractivity contribution < 1.29 is 80.2 Å². The number of ether oxygens (including phenoxy) is 4. The van der Waals surface area contributed by atoms with Crippen molar-refractivity contribution in [1.29, 1.82) is 0 Å². The highest BCUT2D eigenvalue weighted by atomic mass is 31.2. The Labute approximate surface area is 562 Å². The molecule has 17 nitrogen and oxygen atoms in total. The van der Waals surface area contributed by atoms with Crippen LogP contribution in [0.4, 0.5) is 0 Å². The van der Waals surface area contributed by atoms with Gasteiger partial charge in [0.05, 0.1) is 26.4 Å². The van der Waals surface area contributed by atoms with Crippen molar-refractivity contribution in [2.45, 2.75) is 382 Å². The van der Waals surface area contributed by atoms with Gasteiger partial charge in [0.1, 0.15) is 19.3 Å². The number of carbonyl (C=O) groups is 4. The number of aliphatic hydroxyl groups excluding tert-OH is 1. The van der Waals surface area contributed by atoms with Gasteiger partial charge in [0, 0.05) is 25.7 Å². The normalized spacial score (nSPS) is 14.8. The molecule has 546 valence electrons. The summed E-state index contributed by atoms with van der Waals surface area (Å²) in [4.78, 5) is 72.5. The smallest absolute Gasteiger partial charge is 0.462 e. The van der Waals surface area contributed by atoms with Crippen LogP contribution in [-0.2, 0) is 65.4 Å². The lowest BCUT2D eigenvalue weighted by molar-refractivity contribution is -0.161. The molecule has 92 heavy (non-hydrogen) atoms. The molecule has 0 heterocycles. The molecule has 0 aromatic heterocycles. The summed E-state index contributed by atoms with van der Waals surface area (Å²) in [5.41, 5.74) is 0. The number of esters is 4. The lowest BCUT2D eigenvalue weighted by atomic mass is 9.99. The molecule has 5 unspecified atom stereocenters. The molecule has 0 rings (SSSR count). The van der Waals surface area contributed by atoms with Gasteiger partial charge in [-0.25, -0.2) is 9.13 Å². The van der Waals surface area contributed by atoms with E-state index in [1.165, 1.54) is 161 Å². The molecular formula is C73H142O17P2. The molecule has 0 spiro atoms. The predicted octanol–water partition coefficient (Wildman–Crippen LogP) is 20.9. The van der Waals surface area contributed by atoms with Gasteiger partial charge in [0.25, 0.3) is 0 Å². The molecule has 7 atom stereocenters. The van der Waals surface area contributed by atoms with Gasteiger partial charge in [-0.2, -0.15) is 0 Å². The maximum absolute atomic E-state index is 13.0. The highest BCUT2D eigenvalue weighted by Crippen LogP contribution is 2.45. The number of phosphoric acid groups is 2. The lowest BCUT2D eigenvalue weighted by Crippen LogP contribution is -2.30. The minimum atomic E-state index is -4.95. The van der Waals surface area contributed by atoms with Crippen LogP contribution in [0, 0.1) is 23.7 Å². The van der Waals surface area contributed by atoms with Gasteiger partial charge in [-0.05, 0) is 49.4 Å². The summed E-state index contributed by atoms with van der Waals surface area (Å²) in [6.07, 6.45) is 46.2. The van der Waals surface area contributed by atoms with Crippen LogP contribution in [0.2, 0.25) is 0 Å². The summed E-state index contributed by atoms with van der Waals surface area (Å²) in [5, 5.41) is 10.6. The average Bonchev–Trinajstić information content (AvgIpc) is 1.66. The van der Waals surface area contributed by atoms with Gasteiger partial charge >= 0.3 is 39.5 Å². The Morgan fingerprint density at radius 2 is 0.522 bits per heavy atom. The largest absolute Gasteiger partial charge is 0.472 e. The molecule has 0 aliphatic carbocycles. The van der Waals surface area contributed by atoms with Crippen LogP contribution in [0.1, 0.15) is 364 Å². The quantitative estimate of drug-likeness (QED) is 0.0222. The number of aliphatic hydroxyl groups is 1. The van der Waals surface area contributed by atoms with Crippen LogP contribution >= 0.6 is 15.6 Å². The molecule has 0 aromatic rings. The van der Waals surface area contributed by atoms with Gasteiger partial charge in [0.15, 0.2) is 12.2 Å². The van der Waals surface area contributed by atoms with Crippen molar-refractivity contribution in [2.24, 2.45) is 23.7 Å². The van der Waals surface area contributed by atoms with E-state index in [0.29, 0.717) is 31.6 Å². The Morgan fingerprint density at radius 1 is 0.304 bits per heavy atom. The fourth-order valence-electron chi connectivity index (χ4n) is 11.0. The Hall–Kier alpha value is -1.94. The van der Waals surface area contributed by atoms with Gasteiger partial charge in [0.2, 0.25) is 0 Å². The van der Waals surface area contributed by atoms with Gasteiger partial charge in [-0.3, -0.25) is 37.3 Å². The van der Waals surface area contributed by atoms with Crippen LogP contribution < -0.4 is 0 Å². The second kappa shape index (κ2) is 62.6. The number of rotatable bonds is 70. The molecule has 0 bridgehead atoms. The first-order valence-corrected chi connectivity index (χ1v) is 40.8. The zero-order valence-electron chi connectivity index (χ0n) is 60.2. The van der Waals surface area contributed by atoms with Gasteiger partial charge in [-0.15, -0.1) is 0 Å². The van der Waals surface area contributed by atoms with Crippen molar-refractivity contribution >= 4 is 39.5 Å². The third kappa shape index (κ3) is 64.1. The van der Waals surface area contributed by atoms with E-state index >= 15 is 0 Å². The van der Waals surface area contributed by atoms with Gasteiger partial charge < -0.3 is 33.8 Å². The highest BCUT2D eigenvalue weighted by Gasteiger charge is 2.30. The third-order valence-electron chi connectivity index (χ3n) is 17.5. The Morgan fingerprint density at radius 3 is 0.772 bits per heavy atom. The Balaban J connectivity index is 5.13. The van der Waals surface area contributed by atoms with Gasteiger partial charge in [-0.1, -0.05) is 312 Å². The van der Waals surface area contributed by atoms with Crippen LogP contribution in [0.15, 0.2) is 0 Å². The van der Waals surface area contributed by atoms with E-state index in [2.05, 4.69) is 55.4 Å². The molecule has 0 fully saturated rings. The van der Waals surface area contributed by atoms with Crippen molar-refractivity contribution in [3.63, 3.8) is 0 Å². The van der Waals surface area contributed by atoms with E-state index in [1.54, 1.807) is 0 Å². The van der Waals surface area contributed by atoms with E-state index in [1.807, 2.05) is 0 Å². The van der Waals surface area contributed by atoms with E-state index in [-0.39, 0.29) is 25.7 Å². The van der Waals surface area contributed by atoms with E-state index in [9.17, 15) is 43.2 Å². The molecule has 0 aliphatic rings. The molecule has 0 radical (unpaired) electrons. The summed E-state index contributed by atoms with van der Waals surface area (Å²) in [5.74, 6) is 0.865. The predicted molar refractivity (Wildman–Crippen MR) is 372 cm³/mol. The van der Waals surface area contributed by atoms with Crippen molar-refractivity contribution in [2.75, 3.05) is 39.6 Å². The second-order valence-electron chi connectivity index (χ2n) is 27.8.